The summed E-state index contributed by atoms with van der Waals surface area (Å²) < 4.78 is 5.18. The Hall–Kier alpha value is -3.00. The van der Waals surface area contributed by atoms with Crippen molar-refractivity contribution in [3.8, 4) is 11.8 Å². The summed E-state index contributed by atoms with van der Waals surface area (Å²) in [5.41, 5.74) is 2.22. The Labute approximate surface area is 141 Å². The van der Waals surface area contributed by atoms with Crippen LogP contribution in [-0.2, 0) is 0 Å². The molecule has 0 bridgehead atoms. The normalized spacial score (nSPS) is 14.2. The number of ether oxygens (including phenoxy) is 1. The molecule has 2 aromatic carbocycles. The predicted octanol–water partition coefficient (Wildman–Crippen LogP) is 2.53. The maximum Gasteiger partial charge on any atom is 0.254 e. The van der Waals surface area contributed by atoms with Gasteiger partial charge in [0.1, 0.15) is 5.75 Å². The van der Waals surface area contributed by atoms with Crippen LogP contribution in [0.15, 0.2) is 48.5 Å². The second kappa shape index (κ2) is 7.05. The molecule has 0 aromatic heterocycles. The van der Waals surface area contributed by atoms with E-state index in [1.165, 1.54) is 0 Å². The average molecular weight is 321 g/mol. The number of nitriles is 1. The zero-order chi connectivity index (χ0) is 16.9. The number of carbonyl (C=O) groups is 1. The van der Waals surface area contributed by atoms with Gasteiger partial charge in [0, 0.05) is 37.4 Å². The number of anilines is 1. The molecular weight excluding hydrogens is 302 g/mol. The van der Waals surface area contributed by atoms with E-state index in [1.54, 1.807) is 31.4 Å². The van der Waals surface area contributed by atoms with E-state index < -0.39 is 0 Å². The van der Waals surface area contributed by atoms with Crippen molar-refractivity contribution in [2.75, 3.05) is 38.2 Å². The predicted molar refractivity (Wildman–Crippen MR) is 92.3 cm³/mol. The minimum atomic E-state index is -0.0125. The number of rotatable bonds is 3. The quantitative estimate of drug-likeness (QED) is 0.872. The third-order valence-corrected chi connectivity index (χ3v) is 4.24. The van der Waals surface area contributed by atoms with E-state index in [-0.39, 0.29) is 5.91 Å². The molecule has 0 saturated carbocycles. The average Bonchev–Trinajstić information content (AvgIpc) is 2.67. The number of piperazine rings is 1. The van der Waals surface area contributed by atoms with Crippen LogP contribution in [-0.4, -0.2) is 44.1 Å². The Bertz CT molecular complexity index is 757. The topological polar surface area (TPSA) is 56.6 Å². The second-order valence-corrected chi connectivity index (χ2v) is 5.67. The summed E-state index contributed by atoms with van der Waals surface area (Å²) >= 11 is 0. The molecule has 5 heteroatoms. The number of methoxy groups -OCH3 is 1. The molecule has 1 amide bonds. The van der Waals surface area contributed by atoms with Gasteiger partial charge in [0.25, 0.3) is 5.91 Å². The van der Waals surface area contributed by atoms with Crippen LogP contribution in [0.25, 0.3) is 0 Å². The van der Waals surface area contributed by atoms with Crippen molar-refractivity contribution >= 4 is 11.6 Å². The van der Waals surface area contributed by atoms with Crippen molar-refractivity contribution in [1.82, 2.24) is 4.90 Å². The first kappa shape index (κ1) is 15.9. The first-order valence-electron chi connectivity index (χ1n) is 7.89. The van der Waals surface area contributed by atoms with Crippen molar-refractivity contribution < 1.29 is 9.53 Å². The number of carbonyl (C=O) groups excluding carboxylic acids is 1. The van der Waals surface area contributed by atoms with E-state index in [0.29, 0.717) is 24.2 Å². The highest BCUT2D eigenvalue weighted by atomic mass is 16.5. The van der Waals surface area contributed by atoms with Crippen LogP contribution in [0.5, 0.6) is 5.75 Å². The highest BCUT2D eigenvalue weighted by Crippen LogP contribution is 2.21. The van der Waals surface area contributed by atoms with E-state index in [1.807, 2.05) is 29.2 Å². The second-order valence-electron chi connectivity index (χ2n) is 5.67. The molecule has 0 radical (unpaired) electrons. The van der Waals surface area contributed by atoms with Crippen LogP contribution < -0.4 is 9.64 Å². The summed E-state index contributed by atoms with van der Waals surface area (Å²) in [6, 6.07) is 16.9. The summed E-state index contributed by atoms with van der Waals surface area (Å²) in [7, 11) is 1.65. The molecule has 1 aliphatic rings. The number of hydrogen-bond acceptors (Lipinski definition) is 4. The van der Waals surface area contributed by atoms with E-state index in [0.717, 1.165) is 24.5 Å². The molecule has 0 spiro atoms. The van der Waals surface area contributed by atoms with Crippen LogP contribution in [0.2, 0.25) is 0 Å². The number of nitrogens with zero attached hydrogens (tertiary/aromatic N) is 3. The standard InChI is InChI=1S/C19H19N3O2/c1-24-18-7-5-17(6-8-18)21-9-11-22(12-10-21)19(23)16-4-2-3-15(13-16)14-20/h2-8,13H,9-12H2,1H3. The molecule has 1 saturated heterocycles. The minimum absolute atomic E-state index is 0.0125. The van der Waals surface area contributed by atoms with Gasteiger partial charge in [0.15, 0.2) is 0 Å². The molecule has 0 aliphatic carbocycles. The molecule has 24 heavy (non-hydrogen) atoms. The fourth-order valence-corrected chi connectivity index (χ4v) is 2.87. The SMILES string of the molecule is COc1ccc(N2CCN(C(=O)c3cccc(C#N)c3)CC2)cc1. The molecule has 1 heterocycles. The number of amides is 1. The van der Waals surface area contributed by atoms with E-state index in [2.05, 4.69) is 11.0 Å². The van der Waals surface area contributed by atoms with Gasteiger partial charge >= 0.3 is 0 Å². The Kier molecular flexibility index (Phi) is 4.66. The first-order chi connectivity index (χ1) is 11.7. The molecule has 122 valence electrons. The van der Waals surface area contributed by atoms with Crippen molar-refractivity contribution in [2.45, 2.75) is 0 Å². The van der Waals surface area contributed by atoms with Gasteiger partial charge in [-0.2, -0.15) is 5.26 Å². The van der Waals surface area contributed by atoms with Crippen LogP contribution in [0.1, 0.15) is 15.9 Å². The zero-order valence-electron chi connectivity index (χ0n) is 13.6. The van der Waals surface area contributed by atoms with Crippen LogP contribution in [0, 0.1) is 11.3 Å². The molecule has 0 atom stereocenters. The lowest BCUT2D eigenvalue weighted by atomic mass is 10.1. The Morgan fingerprint density at radius 2 is 1.79 bits per heavy atom. The van der Waals surface area contributed by atoms with E-state index in [9.17, 15) is 4.79 Å². The molecule has 5 nitrogen and oxygen atoms in total. The lowest BCUT2D eigenvalue weighted by Crippen LogP contribution is -2.48. The highest BCUT2D eigenvalue weighted by Gasteiger charge is 2.22. The van der Waals surface area contributed by atoms with Gasteiger partial charge in [0.05, 0.1) is 18.7 Å². The summed E-state index contributed by atoms with van der Waals surface area (Å²) in [6.45, 7) is 2.91. The van der Waals surface area contributed by atoms with Crippen molar-refractivity contribution in [1.29, 1.82) is 5.26 Å². The molecular formula is C19H19N3O2. The van der Waals surface area contributed by atoms with Gasteiger partial charge in [-0.1, -0.05) is 6.07 Å². The fourth-order valence-electron chi connectivity index (χ4n) is 2.87. The summed E-state index contributed by atoms with van der Waals surface area (Å²) in [5, 5.41) is 8.96. The van der Waals surface area contributed by atoms with Crippen LogP contribution >= 0.6 is 0 Å². The van der Waals surface area contributed by atoms with Crippen molar-refractivity contribution in [3.63, 3.8) is 0 Å². The van der Waals surface area contributed by atoms with E-state index in [4.69, 9.17) is 10.00 Å². The minimum Gasteiger partial charge on any atom is -0.497 e. The molecule has 0 unspecified atom stereocenters. The lowest BCUT2D eigenvalue weighted by molar-refractivity contribution is 0.0747. The van der Waals surface area contributed by atoms with Gasteiger partial charge in [-0.3, -0.25) is 4.79 Å². The molecule has 1 aliphatic heterocycles. The van der Waals surface area contributed by atoms with Crippen molar-refractivity contribution in [2.24, 2.45) is 0 Å². The van der Waals surface area contributed by atoms with Gasteiger partial charge in [0.2, 0.25) is 0 Å². The van der Waals surface area contributed by atoms with Crippen molar-refractivity contribution in [3.05, 3.63) is 59.7 Å². The van der Waals surface area contributed by atoms with Gasteiger partial charge in [-0.25, -0.2) is 0 Å². The smallest absolute Gasteiger partial charge is 0.254 e. The monoisotopic (exact) mass is 321 g/mol. The maximum absolute atomic E-state index is 12.6. The van der Waals surface area contributed by atoms with Gasteiger partial charge < -0.3 is 14.5 Å². The van der Waals surface area contributed by atoms with Crippen LogP contribution in [0.3, 0.4) is 0 Å². The van der Waals surface area contributed by atoms with E-state index >= 15 is 0 Å². The largest absolute Gasteiger partial charge is 0.497 e. The maximum atomic E-state index is 12.6. The highest BCUT2D eigenvalue weighted by molar-refractivity contribution is 5.94. The number of benzene rings is 2. The molecule has 3 rings (SSSR count). The molecule has 2 aromatic rings. The fraction of sp³-hybridized carbons (Fsp3) is 0.263. The third kappa shape index (κ3) is 3.33. The zero-order valence-corrected chi connectivity index (χ0v) is 13.6. The summed E-state index contributed by atoms with van der Waals surface area (Å²) in [4.78, 5) is 16.7. The van der Waals surface area contributed by atoms with Crippen LogP contribution in [0.4, 0.5) is 5.69 Å². The third-order valence-electron chi connectivity index (χ3n) is 4.24. The molecule has 1 fully saturated rings. The van der Waals surface area contributed by atoms with Gasteiger partial charge in [-0.05, 0) is 42.5 Å². The molecule has 0 N–H and O–H groups in total. The lowest BCUT2D eigenvalue weighted by Gasteiger charge is -2.36. The summed E-state index contributed by atoms with van der Waals surface area (Å²) in [6.07, 6.45) is 0. The Balaban J connectivity index is 1.63. The Morgan fingerprint density at radius 3 is 2.42 bits per heavy atom. The van der Waals surface area contributed by atoms with Gasteiger partial charge in [-0.15, -0.1) is 0 Å². The number of hydrogen-bond donors (Lipinski definition) is 0. The summed E-state index contributed by atoms with van der Waals surface area (Å²) in [5.74, 6) is 0.825. The first-order valence-corrected chi connectivity index (χ1v) is 7.89. The Morgan fingerprint density at radius 1 is 1.08 bits per heavy atom.